The molecule has 5 rings (SSSR count). The zero-order valence-electron chi connectivity index (χ0n) is 18.8. The number of nitrogens with one attached hydrogen (secondary N) is 1. The first-order valence-electron chi connectivity index (χ1n) is 11.8. The van der Waals surface area contributed by atoms with Gasteiger partial charge in [-0.3, -0.25) is 4.79 Å². The van der Waals surface area contributed by atoms with Crippen LogP contribution in [0.4, 0.5) is 0 Å². The number of carbonyl (C=O) groups excluding carboxylic acids is 2. The second-order valence-corrected chi connectivity index (χ2v) is 9.33. The third-order valence-corrected chi connectivity index (χ3v) is 7.10. The van der Waals surface area contributed by atoms with E-state index in [0.717, 1.165) is 42.5 Å². The van der Waals surface area contributed by atoms with Gasteiger partial charge in [-0.2, -0.15) is 0 Å². The lowest BCUT2D eigenvalue weighted by atomic mass is 9.71. The molecule has 0 aromatic heterocycles. The summed E-state index contributed by atoms with van der Waals surface area (Å²) < 4.78 is 5.88. The Morgan fingerprint density at radius 1 is 1.00 bits per heavy atom. The van der Waals surface area contributed by atoms with Gasteiger partial charge in [-0.05, 0) is 68.2 Å². The molecule has 0 spiro atoms. The number of phenols is 1. The van der Waals surface area contributed by atoms with E-state index in [9.17, 15) is 14.7 Å². The van der Waals surface area contributed by atoms with Gasteiger partial charge in [0.05, 0.1) is 5.57 Å². The minimum absolute atomic E-state index is 0.0320. The molecule has 1 saturated carbocycles. The van der Waals surface area contributed by atoms with Crippen LogP contribution in [0.5, 0.6) is 5.75 Å². The van der Waals surface area contributed by atoms with Gasteiger partial charge < -0.3 is 15.2 Å². The average molecular weight is 444 g/mol. The molecule has 0 unspecified atom stereocenters. The van der Waals surface area contributed by atoms with Crippen LogP contribution >= 0.6 is 0 Å². The van der Waals surface area contributed by atoms with E-state index in [1.165, 1.54) is 0 Å². The molecule has 0 saturated heterocycles. The van der Waals surface area contributed by atoms with Crippen molar-refractivity contribution in [3.63, 3.8) is 0 Å². The van der Waals surface area contributed by atoms with E-state index in [2.05, 4.69) is 17.4 Å². The lowest BCUT2D eigenvalue weighted by molar-refractivity contribution is -0.144. The highest BCUT2D eigenvalue weighted by atomic mass is 16.5. The molecule has 1 heterocycles. The number of dihydropyridines is 1. The number of phenolic OH excluding ortho intramolecular Hbond substituents is 1. The number of allylic oxidation sites excluding steroid dienone is 3. The molecule has 0 bridgehead atoms. The van der Waals surface area contributed by atoms with Crippen LogP contribution in [-0.2, 0) is 14.3 Å². The van der Waals surface area contributed by atoms with Gasteiger partial charge in [0.15, 0.2) is 5.78 Å². The Hall–Kier alpha value is -3.34. The highest BCUT2D eigenvalue weighted by molar-refractivity contribution is 6.04. The third kappa shape index (κ3) is 4.20. The fraction of sp³-hybridized carbons (Fsp3) is 0.357. The van der Waals surface area contributed by atoms with Gasteiger partial charge in [0.25, 0.3) is 0 Å². The first-order valence-corrected chi connectivity index (χ1v) is 11.8. The Morgan fingerprint density at radius 2 is 1.73 bits per heavy atom. The van der Waals surface area contributed by atoms with Crippen LogP contribution in [0.3, 0.4) is 0 Å². The van der Waals surface area contributed by atoms with E-state index in [1.807, 2.05) is 31.2 Å². The molecule has 33 heavy (non-hydrogen) atoms. The molecule has 0 radical (unpaired) electrons. The molecule has 0 amide bonds. The molecule has 170 valence electrons. The maximum atomic E-state index is 13.6. The summed E-state index contributed by atoms with van der Waals surface area (Å²) in [6.45, 7) is 1.88. The van der Waals surface area contributed by atoms with Crippen molar-refractivity contribution in [2.75, 3.05) is 0 Å². The Kier molecular flexibility index (Phi) is 5.79. The SMILES string of the molecule is CC1=C(C(=O)OC2CCCC2)[C@@H](c2cccc(O)c2)C2=C(C[C@@H](c3ccccc3)CC2=O)N1. The van der Waals surface area contributed by atoms with Gasteiger partial charge >= 0.3 is 5.97 Å². The molecule has 2 aromatic carbocycles. The summed E-state index contributed by atoms with van der Waals surface area (Å²) in [6.07, 6.45) is 4.93. The second-order valence-electron chi connectivity index (χ2n) is 9.33. The van der Waals surface area contributed by atoms with Crippen molar-refractivity contribution in [2.45, 2.75) is 63.4 Å². The summed E-state index contributed by atoms with van der Waals surface area (Å²) in [5.41, 5.74) is 4.54. The first-order chi connectivity index (χ1) is 16.0. The van der Waals surface area contributed by atoms with Crippen molar-refractivity contribution in [2.24, 2.45) is 0 Å². The van der Waals surface area contributed by atoms with Crippen LogP contribution in [0.2, 0.25) is 0 Å². The van der Waals surface area contributed by atoms with Crippen LogP contribution in [0, 0.1) is 0 Å². The van der Waals surface area contributed by atoms with Crippen molar-refractivity contribution in [1.29, 1.82) is 0 Å². The second kappa shape index (κ2) is 8.89. The number of benzene rings is 2. The quantitative estimate of drug-likeness (QED) is 0.632. The van der Waals surface area contributed by atoms with Gasteiger partial charge in [0.2, 0.25) is 0 Å². The van der Waals surface area contributed by atoms with Crippen molar-refractivity contribution < 1.29 is 19.4 Å². The number of aromatic hydroxyl groups is 1. The van der Waals surface area contributed by atoms with E-state index in [-0.39, 0.29) is 29.5 Å². The van der Waals surface area contributed by atoms with Crippen molar-refractivity contribution in [1.82, 2.24) is 5.32 Å². The minimum Gasteiger partial charge on any atom is -0.508 e. The normalized spacial score (nSPS) is 23.4. The first kappa shape index (κ1) is 21.5. The monoisotopic (exact) mass is 443 g/mol. The van der Waals surface area contributed by atoms with Gasteiger partial charge in [0.1, 0.15) is 11.9 Å². The van der Waals surface area contributed by atoms with Crippen LogP contribution in [-0.4, -0.2) is 23.0 Å². The fourth-order valence-corrected chi connectivity index (χ4v) is 5.53. The number of carbonyl (C=O) groups is 2. The molecule has 5 heteroatoms. The highest BCUT2D eigenvalue weighted by Gasteiger charge is 2.42. The lowest BCUT2D eigenvalue weighted by Gasteiger charge is -2.37. The largest absolute Gasteiger partial charge is 0.508 e. The van der Waals surface area contributed by atoms with Crippen LogP contribution in [0.25, 0.3) is 0 Å². The van der Waals surface area contributed by atoms with Gasteiger partial charge in [-0.1, -0.05) is 42.5 Å². The molecule has 5 nitrogen and oxygen atoms in total. The number of ether oxygens (including phenoxy) is 1. The highest BCUT2D eigenvalue weighted by Crippen LogP contribution is 2.46. The number of Topliss-reactive ketones (excluding diaryl/α,β-unsaturated/α-hetero) is 1. The van der Waals surface area contributed by atoms with Crippen molar-refractivity contribution in [3.05, 3.63) is 88.3 Å². The Balaban J connectivity index is 1.55. The Bertz CT molecular complexity index is 1140. The van der Waals surface area contributed by atoms with E-state index >= 15 is 0 Å². The maximum Gasteiger partial charge on any atom is 0.337 e. The molecular formula is C28H29NO4. The van der Waals surface area contributed by atoms with Gasteiger partial charge in [-0.25, -0.2) is 4.79 Å². The smallest absolute Gasteiger partial charge is 0.337 e. The molecule has 2 N–H and O–H groups in total. The van der Waals surface area contributed by atoms with E-state index in [4.69, 9.17) is 4.74 Å². The number of rotatable bonds is 4. The average Bonchev–Trinajstić information content (AvgIpc) is 3.31. The van der Waals surface area contributed by atoms with Crippen molar-refractivity contribution in [3.8, 4) is 5.75 Å². The molecule has 1 aliphatic heterocycles. The fourth-order valence-electron chi connectivity index (χ4n) is 5.53. The summed E-state index contributed by atoms with van der Waals surface area (Å²) in [5, 5.41) is 13.6. The van der Waals surface area contributed by atoms with Gasteiger partial charge in [0, 0.05) is 29.3 Å². The molecule has 2 aliphatic carbocycles. The number of hydrogen-bond acceptors (Lipinski definition) is 5. The number of esters is 1. The summed E-state index contributed by atoms with van der Waals surface area (Å²) >= 11 is 0. The molecule has 3 aliphatic rings. The van der Waals surface area contributed by atoms with Crippen LogP contribution in [0.15, 0.2) is 77.1 Å². The van der Waals surface area contributed by atoms with Crippen molar-refractivity contribution >= 4 is 11.8 Å². The lowest BCUT2D eigenvalue weighted by Crippen LogP contribution is -2.36. The summed E-state index contributed by atoms with van der Waals surface area (Å²) in [4.78, 5) is 26.9. The summed E-state index contributed by atoms with van der Waals surface area (Å²) in [7, 11) is 0. The third-order valence-electron chi connectivity index (χ3n) is 7.10. The molecule has 1 fully saturated rings. The summed E-state index contributed by atoms with van der Waals surface area (Å²) in [5.74, 6) is -0.685. The zero-order chi connectivity index (χ0) is 22.9. The zero-order valence-corrected chi connectivity index (χ0v) is 18.8. The number of ketones is 1. The minimum atomic E-state index is -0.550. The van der Waals surface area contributed by atoms with Crippen LogP contribution in [0.1, 0.15) is 68.4 Å². The maximum absolute atomic E-state index is 13.6. The Morgan fingerprint density at radius 3 is 2.45 bits per heavy atom. The molecule has 2 aromatic rings. The topological polar surface area (TPSA) is 75.6 Å². The molecular weight excluding hydrogens is 414 g/mol. The summed E-state index contributed by atoms with van der Waals surface area (Å²) in [6, 6.07) is 17.0. The van der Waals surface area contributed by atoms with E-state index in [0.29, 0.717) is 29.7 Å². The number of hydrogen-bond donors (Lipinski definition) is 2. The van der Waals surface area contributed by atoms with Crippen LogP contribution < -0.4 is 5.32 Å². The molecule has 2 atom stereocenters. The van der Waals surface area contributed by atoms with Gasteiger partial charge in [-0.15, -0.1) is 0 Å². The Labute approximate surface area is 194 Å². The predicted octanol–water partition coefficient (Wildman–Crippen LogP) is 5.24. The van der Waals surface area contributed by atoms with E-state index < -0.39 is 5.92 Å². The standard InChI is InChI=1S/C28H29NO4/c1-17-25(28(32)33-22-12-5-6-13-22)26(19-10-7-11-21(30)14-19)27-23(29-17)15-20(16-24(27)31)18-8-3-2-4-9-18/h2-4,7-11,14,20,22,26,29-30H,5-6,12-13,15-16H2,1H3/t20-,26-/m1/s1. The predicted molar refractivity (Wildman–Crippen MR) is 125 cm³/mol. The van der Waals surface area contributed by atoms with E-state index in [1.54, 1.807) is 18.2 Å².